The van der Waals surface area contributed by atoms with Gasteiger partial charge in [0.05, 0.1) is 39.6 Å². The number of carboxylic acid groups (broad SMARTS) is 2. The van der Waals surface area contributed by atoms with Crippen LogP contribution in [0.3, 0.4) is 0 Å². The lowest BCUT2D eigenvalue weighted by atomic mass is 10.1. The minimum Gasteiger partial charge on any atom is -0.480 e. The molecule has 6 N–H and O–H groups in total. The van der Waals surface area contributed by atoms with Crippen LogP contribution >= 0.6 is 0 Å². The van der Waals surface area contributed by atoms with Gasteiger partial charge in [-0.2, -0.15) is 0 Å². The largest absolute Gasteiger partial charge is 0.480 e. The monoisotopic (exact) mass is 648 g/mol. The molecule has 4 amide bonds. The Morgan fingerprint density at radius 1 is 0.578 bits per heavy atom. The number of carbonyl (C=O) groups excluding carboxylic acids is 5. The van der Waals surface area contributed by atoms with Gasteiger partial charge >= 0.3 is 11.9 Å². The molecule has 0 aromatic heterocycles. The van der Waals surface area contributed by atoms with Crippen molar-refractivity contribution in [1.29, 1.82) is 0 Å². The molecule has 0 bridgehead atoms. The zero-order valence-electron chi connectivity index (χ0n) is 26.2. The average molecular weight is 649 g/mol. The van der Waals surface area contributed by atoms with Crippen LogP contribution in [0.5, 0.6) is 0 Å². The van der Waals surface area contributed by atoms with Crippen LogP contribution in [-0.2, 0) is 52.5 Å². The summed E-state index contributed by atoms with van der Waals surface area (Å²) in [7, 11) is 0. The number of ether oxygens (including phenoxy) is 4. The number of aliphatic carboxylic acids is 2. The lowest BCUT2D eigenvalue weighted by molar-refractivity contribution is -0.143. The summed E-state index contributed by atoms with van der Waals surface area (Å²) >= 11 is 0. The highest BCUT2D eigenvalue weighted by atomic mass is 16.5. The molecule has 17 heteroatoms. The molecule has 2 atom stereocenters. The third kappa shape index (κ3) is 23.4. The molecular formula is C28H48N4O13. The van der Waals surface area contributed by atoms with Crippen molar-refractivity contribution in [2.24, 2.45) is 5.92 Å². The molecule has 0 rings (SSSR count). The van der Waals surface area contributed by atoms with Gasteiger partial charge in [-0.25, -0.2) is 9.59 Å². The van der Waals surface area contributed by atoms with E-state index >= 15 is 0 Å². The predicted octanol–water partition coefficient (Wildman–Crippen LogP) is -1.38. The molecule has 0 saturated carbocycles. The summed E-state index contributed by atoms with van der Waals surface area (Å²) in [6, 6.07) is -2.64. The minimum atomic E-state index is -1.36. The summed E-state index contributed by atoms with van der Waals surface area (Å²) in [4.78, 5) is 81.4. The molecule has 0 spiro atoms. The van der Waals surface area contributed by atoms with E-state index in [0.717, 1.165) is 0 Å². The van der Waals surface area contributed by atoms with Crippen LogP contribution in [0.2, 0.25) is 0 Å². The lowest BCUT2D eigenvalue weighted by Gasteiger charge is -2.16. The molecule has 0 aromatic rings. The number of Topliss-reactive ketones (excluding diaryl/α,β-unsaturated/α-hetero) is 1. The van der Waals surface area contributed by atoms with Gasteiger partial charge in [0.15, 0.2) is 5.78 Å². The number of carbonyl (C=O) groups is 7. The van der Waals surface area contributed by atoms with E-state index in [1.165, 1.54) is 0 Å². The van der Waals surface area contributed by atoms with Crippen molar-refractivity contribution in [1.82, 2.24) is 21.3 Å². The second-order valence-electron chi connectivity index (χ2n) is 10.00. The Morgan fingerprint density at radius 3 is 1.51 bits per heavy atom. The highest BCUT2D eigenvalue weighted by Gasteiger charge is 2.24. The van der Waals surface area contributed by atoms with Gasteiger partial charge < -0.3 is 50.4 Å². The van der Waals surface area contributed by atoms with Crippen LogP contribution in [0.25, 0.3) is 0 Å². The first-order valence-electron chi connectivity index (χ1n) is 14.8. The van der Waals surface area contributed by atoms with Gasteiger partial charge in [-0.3, -0.25) is 24.0 Å². The predicted molar refractivity (Wildman–Crippen MR) is 157 cm³/mol. The molecule has 45 heavy (non-hydrogen) atoms. The number of hydrogen-bond donors (Lipinski definition) is 6. The van der Waals surface area contributed by atoms with E-state index in [-0.39, 0.29) is 109 Å². The highest BCUT2D eigenvalue weighted by Crippen LogP contribution is 2.03. The Kier molecular flexibility index (Phi) is 23.5. The maximum Gasteiger partial charge on any atom is 0.326 e. The second kappa shape index (κ2) is 25.6. The van der Waals surface area contributed by atoms with E-state index in [4.69, 9.17) is 24.1 Å². The SMILES string of the molecule is CCC(=O)NC(CCC(=O)N[C@@H](CCC(=O)NCCOCCOCC(=O)NCCOCCOCC(=O)C(C)C)C(=O)O)C(=O)O. The molecule has 0 aliphatic rings. The Labute approximate surface area is 262 Å². The average Bonchev–Trinajstić information content (AvgIpc) is 2.99. The lowest BCUT2D eigenvalue weighted by Crippen LogP contribution is -2.44. The molecule has 17 nitrogen and oxygen atoms in total. The molecule has 0 fully saturated rings. The van der Waals surface area contributed by atoms with Gasteiger partial charge in [-0.1, -0.05) is 20.8 Å². The molecular weight excluding hydrogens is 600 g/mol. The smallest absolute Gasteiger partial charge is 0.326 e. The third-order valence-corrected chi connectivity index (χ3v) is 5.91. The van der Waals surface area contributed by atoms with Crippen molar-refractivity contribution >= 4 is 41.4 Å². The number of carboxylic acids is 2. The zero-order valence-corrected chi connectivity index (χ0v) is 26.2. The van der Waals surface area contributed by atoms with Crippen LogP contribution in [0.15, 0.2) is 0 Å². The van der Waals surface area contributed by atoms with E-state index in [9.17, 15) is 38.7 Å². The molecule has 0 radical (unpaired) electrons. The summed E-state index contributed by atoms with van der Waals surface area (Å²) in [5.41, 5.74) is 0. The van der Waals surface area contributed by atoms with Gasteiger partial charge in [0, 0.05) is 38.3 Å². The fraction of sp³-hybridized carbons (Fsp3) is 0.750. The van der Waals surface area contributed by atoms with Crippen molar-refractivity contribution in [2.75, 3.05) is 65.9 Å². The van der Waals surface area contributed by atoms with E-state index < -0.39 is 41.7 Å². The summed E-state index contributed by atoms with van der Waals surface area (Å²) in [6.45, 7) is 6.79. The van der Waals surface area contributed by atoms with E-state index in [1.807, 2.05) is 0 Å². The highest BCUT2D eigenvalue weighted by molar-refractivity contribution is 5.86. The summed E-state index contributed by atoms with van der Waals surface area (Å²) in [6.07, 6.45) is -0.883. The van der Waals surface area contributed by atoms with Crippen molar-refractivity contribution in [2.45, 2.75) is 65.0 Å². The van der Waals surface area contributed by atoms with Crippen LogP contribution in [0.1, 0.15) is 52.9 Å². The van der Waals surface area contributed by atoms with Gasteiger partial charge in [0.1, 0.15) is 25.3 Å². The fourth-order valence-corrected chi connectivity index (χ4v) is 3.24. The zero-order chi connectivity index (χ0) is 34.0. The van der Waals surface area contributed by atoms with E-state index in [0.29, 0.717) is 6.61 Å². The van der Waals surface area contributed by atoms with Gasteiger partial charge in [-0.05, 0) is 12.8 Å². The minimum absolute atomic E-state index is 0.0229. The molecule has 0 aromatic carbocycles. The van der Waals surface area contributed by atoms with Crippen LogP contribution in [0, 0.1) is 5.92 Å². The first-order chi connectivity index (χ1) is 21.4. The van der Waals surface area contributed by atoms with Crippen LogP contribution < -0.4 is 21.3 Å². The molecule has 258 valence electrons. The Balaban J connectivity index is 3.90. The molecule has 0 saturated heterocycles. The summed E-state index contributed by atoms with van der Waals surface area (Å²) in [5.74, 6) is -4.73. The van der Waals surface area contributed by atoms with Gasteiger partial charge in [0.2, 0.25) is 23.6 Å². The number of rotatable bonds is 28. The second-order valence-corrected chi connectivity index (χ2v) is 10.00. The van der Waals surface area contributed by atoms with E-state index in [2.05, 4.69) is 21.3 Å². The van der Waals surface area contributed by atoms with Crippen molar-refractivity contribution in [3.05, 3.63) is 0 Å². The fourth-order valence-electron chi connectivity index (χ4n) is 3.24. The number of nitrogens with one attached hydrogen (secondary N) is 4. The maximum absolute atomic E-state index is 12.1. The molecule has 0 aliphatic heterocycles. The number of hydrogen-bond acceptors (Lipinski definition) is 11. The maximum atomic E-state index is 12.1. The first kappa shape index (κ1) is 41.3. The normalized spacial score (nSPS) is 12.2. The van der Waals surface area contributed by atoms with Gasteiger partial charge in [-0.15, -0.1) is 0 Å². The third-order valence-electron chi connectivity index (χ3n) is 5.91. The summed E-state index contributed by atoms with van der Waals surface area (Å²) in [5, 5.41) is 28.2. The summed E-state index contributed by atoms with van der Waals surface area (Å²) < 4.78 is 21.0. The molecule has 1 unspecified atom stereocenters. The Morgan fingerprint density at radius 2 is 1.02 bits per heavy atom. The van der Waals surface area contributed by atoms with Gasteiger partial charge in [0.25, 0.3) is 0 Å². The van der Waals surface area contributed by atoms with Crippen molar-refractivity contribution in [3.63, 3.8) is 0 Å². The number of ketones is 1. The Bertz CT molecular complexity index is 945. The first-order valence-corrected chi connectivity index (χ1v) is 14.8. The Hall–Kier alpha value is -3.67. The topological polar surface area (TPSA) is 245 Å². The van der Waals surface area contributed by atoms with Crippen LogP contribution in [0.4, 0.5) is 0 Å². The standard InChI is InChI=1S/C28H48N4O13/c1-4-23(34)31-20(27(38)39)6-8-25(36)32-21(28(40)41)5-7-24(35)29-9-11-42-14-16-45-18-26(37)30-10-12-43-13-15-44-17-22(33)19(2)3/h19-21H,4-18H2,1-3H3,(H,29,35)(H,30,37)(H,31,34)(H,32,36)(H,38,39)(H,40,41)/t20?,21-/m0/s1. The molecule has 0 heterocycles. The molecule has 0 aliphatic carbocycles. The van der Waals surface area contributed by atoms with Crippen molar-refractivity contribution in [3.8, 4) is 0 Å². The van der Waals surface area contributed by atoms with Crippen LogP contribution in [-0.4, -0.2) is 130 Å². The van der Waals surface area contributed by atoms with Crippen molar-refractivity contribution < 1.29 is 62.7 Å². The quantitative estimate of drug-likeness (QED) is 0.0536. The van der Waals surface area contributed by atoms with E-state index in [1.54, 1.807) is 20.8 Å². The number of amides is 4.